The maximum Gasteiger partial charge on any atom is 0.252 e. The van der Waals surface area contributed by atoms with Gasteiger partial charge in [-0.15, -0.1) is 11.3 Å². The Bertz CT molecular complexity index is 536. The highest BCUT2D eigenvalue weighted by atomic mass is 79.9. The van der Waals surface area contributed by atoms with Crippen molar-refractivity contribution < 1.29 is 4.79 Å². The van der Waals surface area contributed by atoms with Gasteiger partial charge in [0.05, 0.1) is 12.1 Å². The molecule has 1 aromatic heterocycles. The summed E-state index contributed by atoms with van der Waals surface area (Å²) in [5.41, 5.74) is 1.89. The van der Waals surface area contributed by atoms with Gasteiger partial charge in [0.15, 0.2) is 0 Å². The molecule has 0 bridgehead atoms. The van der Waals surface area contributed by atoms with E-state index in [9.17, 15) is 4.79 Å². The first-order valence-electron chi connectivity index (χ1n) is 5.24. The van der Waals surface area contributed by atoms with E-state index in [2.05, 4.69) is 34.2 Å². The third-order valence-corrected chi connectivity index (χ3v) is 4.21. The van der Waals surface area contributed by atoms with Crippen LogP contribution in [0.4, 0.5) is 0 Å². The molecule has 0 spiro atoms. The van der Waals surface area contributed by atoms with Crippen LogP contribution in [0.5, 0.6) is 0 Å². The van der Waals surface area contributed by atoms with Crippen molar-refractivity contribution in [2.75, 3.05) is 0 Å². The molecule has 17 heavy (non-hydrogen) atoms. The lowest BCUT2D eigenvalue weighted by Crippen LogP contribution is -2.22. The quantitative estimate of drug-likeness (QED) is 0.919. The minimum atomic E-state index is -0.0507. The van der Waals surface area contributed by atoms with E-state index in [1.807, 2.05) is 23.6 Å². The van der Waals surface area contributed by atoms with E-state index < -0.39 is 0 Å². The number of carbonyl (C=O) groups is 1. The largest absolute Gasteiger partial charge is 0.347 e. The van der Waals surface area contributed by atoms with E-state index in [4.69, 9.17) is 0 Å². The molecule has 1 N–H and O–H groups in total. The van der Waals surface area contributed by atoms with Crippen LogP contribution in [-0.2, 0) is 6.54 Å². The molecule has 0 saturated heterocycles. The van der Waals surface area contributed by atoms with Crippen molar-refractivity contribution in [2.24, 2.45) is 0 Å². The third kappa shape index (κ3) is 2.96. The Morgan fingerprint density at radius 3 is 2.76 bits per heavy atom. The molecular weight excluding hydrogens is 298 g/mol. The Morgan fingerprint density at radius 1 is 1.35 bits per heavy atom. The number of amides is 1. The van der Waals surface area contributed by atoms with Crippen LogP contribution in [0.3, 0.4) is 0 Å². The average molecular weight is 310 g/mol. The van der Waals surface area contributed by atoms with Gasteiger partial charge in [-0.25, -0.2) is 0 Å². The van der Waals surface area contributed by atoms with Crippen LogP contribution in [0.25, 0.3) is 0 Å². The molecule has 0 unspecified atom stereocenters. The first-order valence-corrected chi connectivity index (χ1v) is 6.91. The maximum absolute atomic E-state index is 11.9. The average Bonchev–Trinajstić information content (AvgIpc) is 2.72. The summed E-state index contributed by atoms with van der Waals surface area (Å²) in [7, 11) is 0. The van der Waals surface area contributed by atoms with Gasteiger partial charge in [0, 0.05) is 9.35 Å². The van der Waals surface area contributed by atoms with Gasteiger partial charge in [-0.1, -0.05) is 12.1 Å². The van der Waals surface area contributed by atoms with Crippen molar-refractivity contribution in [3.63, 3.8) is 0 Å². The first-order chi connectivity index (χ1) is 8.18. The van der Waals surface area contributed by atoms with Gasteiger partial charge >= 0.3 is 0 Å². The molecule has 1 heterocycles. The Balaban J connectivity index is 2.04. The summed E-state index contributed by atoms with van der Waals surface area (Å²) in [6, 6.07) is 9.48. The molecule has 0 fully saturated rings. The fourth-order valence-electron chi connectivity index (χ4n) is 1.49. The molecule has 0 aliphatic rings. The molecule has 0 radical (unpaired) electrons. The second-order valence-electron chi connectivity index (χ2n) is 3.69. The van der Waals surface area contributed by atoms with E-state index in [0.717, 1.165) is 4.47 Å². The van der Waals surface area contributed by atoms with Crippen molar-refractivity contribution in [1.82, 2.24) is 5.32 Å². The van der Waals surface area contributed by atoms with Gasteiger partial charge in [0.2, 0.25) is 0 Å². The molecule has 88 valence electrons. The van der Waals surface area contributed by atoms with Crippen LogP contribution in [0.1, 0.15) is 20.8 Å². The van der Waals surface area contributed by atoms with Crippen LogP contribution in [0.2, 0.25) is 0 Å². The van der Waals surface area contributed by atoms with Crippen LogP contribution in [-0.4, -0.2) is 5.91 Å². The molecule has 0 aliphatic heterocycles. The summed E-state index contributed by atoms with van der Waals surface area (Å²) in [6.07, 6.45) is 0. The van der Waals surface area contributed by atoms with Crippen LogP contribution < -0.4 is 5.32 Å². The van der Waals surface area contributed by atoms with E-state index in [1.165, 1.54) is 10.4 Å². The number of aryl methyl sites for hydroxylation is 1. The zero-order valence-corrected chi connectivity index (χ0v) is 11.8. The first kappa shape index (κ1) is 12.3. The lowest BCUT2D eigenvalue weighted by atomic mass is 10.2. The van der Waals surface area contributed by atoms with Crippen LogP contribution in [0, 0.1) is 6.92 Å². The summed E-state index contributed by atoms with van der Waals surface area (Å²) >= 11 is 5.04. The molecule has 2 rings (SSSR count). The number of hydrogen-bond donors (Lipinski definition) is 1. The zero-order chi connectivity index (χ0) is 12.3. The van der Waals surface area contributed by atoms with E-state index >= 15 is 0 Å². The molecule has 1 amide bonds. The van der Waals surface area contributed by atoms with Gasteiger partial charge < -0.3 is 5.32 Å². The molecule has 2 nitrogen and oxygen atoms in total. The third-order valence-electron chi connectivity index (χ3n) is 2.50. The van der Waals surface area contributed by atoms with Crippen LogP contribution >= 0.6 is 27.3 Å². The Labute approximate surface area is 113 Å². The molecule has 0 saturated carbocycles. The maximum atomic E-state index is 11.9. The lowest BCUT2D eigenvalue weighted by Gasteiger charge is -2.06. The van der Waals surface area contributed by atoms with Crippen molar-refractivity contribution in [3.05, 3.63) is 56.2 Å². The molecule has 2 aromatic rings. The number of hydrogen-bond acceptors (Lipinski definition) is 2. The Kier molecular flexibility index (Phi) is 3.97. The number of rotatable bonds is 3. The second kappa shape index (κ2) is 5.47. The van der Waals surface area contributed by atoms with E-state index in [1.54, 1.807) is 17.4 Å². The highest BCUT2D eigenvalue weighted by Gasteiger charge is 2.09. The fraction of sp³-hybridized carbons (Fsp3) is 0.154. The van der Waals surface area contributed by atoms with Crippen LogP contribution in [0.15, 0.2) is 40.2 Å². The molecular formula is C13H12BrNOS. The SMILES string of the molecule is Cc1ccsc1CNC(=O)c1ccccc1Br. The highest BCUT2D eigenvalue weighted by Crippen LogP contribution is 2.17. The lowest BCUT2D eigenvalue weighted by molar-refractivity contribution is 0.0950. The summed E-state index contributed by atoms with van der Waals surface area (Å²) in [5, 5.41) is 4.96. The fourth-order valence-corrected chi connectivity index (χ4v) is 2.80. The van der Waals surface area contributed by atoms with E-state index in [-0.39, 0.29) is 5.91 Å². The normalized spacial score (nSPS) is 10.2. The highest BCUT2D eigenvalue weighted by molar-refractivity contribution is 9.10. The van der Waals surface area contributed by atoms with Crippen molar-refractivity contribution >= 4 is 33.2 Å². The second-order valence-corrected chi connectivity index (χ2v) is 5.54. The van der Waals surface area contributed by atoms with Gasteiger partial charge in [-0.05, 0) is 52.0 Å². The van der Waals surface area contributed by atoms with Crippen molar-refractivity contribution in [2.45, 2.75) is 13.5 Å². The zero-order valence-electron chi connectivity index (χ0n) is 9.37. The van der Waals surface area contributed by atoms with Crippen molar-refractivity contribution in [1.29, 1.82) is 0 Å². The standard InChI is InChI=1S/C13H12BrNOS/c1-9-6-7-17-12(9)8-15-13(16)10-4-2-3-5-11(10)14/h2-7H,8H2,1H3,(H,15,16). The number of thiophene rings is 1. The molecule has 0 aliphatic carbocycles. The Morgan fingerprint density at radius 2 is 2.12 bits per heavy atom. The van der Waals surface area contributed by atoms with Gasteiger partial charge in [-0.2, -0.15) is 0 Å². The summed E-state index contributed by atoms with van der Waals surface area (Å²) in [4.78, 5) is 13.1. The molecule has 1 aromatic carbocycles. The topological polar surface area (TPSA) is 29.1 Å². The predicted octanol–water partition coefficient (Wildman–Crippen LogP) is 3.75. The van der Waals surface area contributed by atoms with Crippen molar-refractivity contribution in [3.8, 4) is 0 Å². The Hall–Kier alpha value is -1.13. The van der Waals surface area contributed by atoms with Gasteiger partial charge in [0.1, 0.15) is 0 Å². The summed E-state index contributed by atoms with van der Waals surface area (Å²) in [5.74, 6) is -0.0507. The molecule has 0 atom stereocenters. The summed E-state index contributed by atoms with van der Waals surface area (Å²) < 4.78 is 0.820. The minimum absolute atomic E-state index is 0.0507. The monoisotopic (exact) mass is 309 g/mol. The number of halogens is 1. The predicted molar refractivity (Wildman–Crippen MR) is 74.4 cm³/mol. The molecule has 4 heteroatoms. The number of benzene rings is 1. The van der Waals surface area contributed by atoms with Gasteiger partial charge in [0.25, 0.3) is 5.91 Å². The number of carbonyl (C=O) groups excluding carboxylic acids is 1. The summed E-state index contributed by atoms with van der Waals surface area (Å²) in [6.45, 7) is 2.64. The smallest absolute Gasteiger partial charge is 0.252 e. The minimum Gasteiger partial charge on any atom is -0.347 e. The van der Waals surface area contributed by atoms with E-state index in [0.29, 0.717) is 12.1 Å². The number of nitrogens with one attached hydrogen (secondary N) is 1. The van der Waals surface area contributed by atoms with Gasteiger partial charge in [-0.3, -0.25) is 4.79 Å².